The normalized spacial score (nSPS) is 19.3. The van der Waals surface area contributed by atoms with E-state index in [4.69, 9.17) is 4.74 Å². The Morgan fingerprint density at radius 1 is 1.29 bits per heavy atom. The monoisotopic (exact) mass is 300 g/mol. The summed E-state index contributed by atoms with van der Waals surface area (Å²) in [5.74, 6) is 0. The lowest BCUT2D eigenvalue weighted by Crippen LogP contribution is -2.41. The molecule has 0 spiro atoms. The molecule has 2 aromatic heterocycles. The number of fused-ring (bicyclic) bond motifs is 1. The van der Waals surface area contributed by atoms with Gasteiger partial charge in [0.25, 0.3) is 0 Å². The zero-order valence-electron chi connectivity index (χ0n) is 11.8. The molecule has 0 aliphatic carbocycles. The van der Waals surface area contributed by atoms with Gasteiger partial charge < -0.3 is 9.64 Å². The first-order valence-electron chi connectivity index (χ1n) is 7.08. The van der Waals surface area contributed by atoms with Gasteiger partial charge in [0.15, 0.2) is 0 Å². The first-order chi connectivity index (χ1) is 10.3. The fourth-order valence-electron chi connectivity index (χ4n) is 2.56. The number of benzene rings is 1. The second-order valence-electron chi connectivity index (χ2n) is 5.23. The summed E-state index contributed by atoms with van der Waals surface area (Å²) in [4.78, 5) is 7.89. The number of aromatic nitrogens is 3. The molecule has 1 fully saturated rings. The number of nitrogens with zero attached hydrogens (tertiary/aromatic N) is 4. The number of hydrogen-bond donors (Lipinski definition) is 0. The average Bonchev–Trinajstić information content (AvgIpc) is 3.07. The van der Waals surface area contributed by atoms with Crippen molar-refractivity contribution in [2.45, 2.75) is 13.0 Å². The summed E-state index contributed by atoms with van der Waals surface area (Å²) in [6, 6.07) is 10.2. The molecule has 0 N–H and O–H groups in total. The standard InChI is InChI=1S/C15H16N4OS/c1-11-9-18(7-8-20-11)15-17-19-10-13(16-14(19)21-15)12-5-3-2-4-6-12/h2-6,10-11H,7-9H2,1H3/t11-/m0/s1. The molecule has 5 nitrogen and oxygen atoms in total. The van der Waals surface area contributed by atoms with E-state index in [1.807, 2.05) is 28.9 Å². The molecule has 21 heavy (non-hydrogen) atoms. The number of ether oxygens (including phenoxy) is 1. The Morgan fingerprint density at radius 2 is 2.14 bits per heavy atom. The molecule has 0 bridgehead atoms. The second kappa shape index (κ2) is 5.13. The Labute approximate surface area is 126 Å². The highest BCUT2D eigenvalue weighted by atomic mass is 32.1. The summed E-state index contributed by atoms with van der Waals surface area (Å²) in [6.45, 7) is 4.64. The van der Waals surface area contributed by atoms with Gasteiger partial charge in [-0.2, -0.15) is 0 Å². The fourth-order valence-corrected chi connectivity index (χ4v) is 3.48. The van der Waals surface area contributed by atoms with Crippen molar-refractivity contribution >= 4 is 21.4 Å². The van der Waals surface area contributed by atoms with Crippen LogP contribution in [0, 0.1) is 0 Å². The van der Waals surface area contributed by atoms with Gasteiger partial charge in [0, 0.05) is 18.7 Å². The number of imidazole rings is 1. The van der Waals surface area contributed by atoms with Crippen LogP contribution in [-0.4, -0.2) is 40.4 Å². The smallest absolute Gasteiger partial charge is 0.214 e. The summed E-state index contributed by atoms with van der Waals surface area (Å²) < 4.78 is 7.45. The Morgan fingerprint density at radius 3 is 2.90 bits per heavy atom. The van der Waals surface area contributed by atoms with Gasteiger partial charge >= 0.3 is 0 Å². The third-order valence-electron chi connectivity index (χ3n) is 3.61. The summed E-state index contributed by atoms with van der Waals surface area (Å²) in [5.41, 5.74) is 2.09. The molecule has 1 saturated heterocycles. The molecule has 1 aromatic carbocycles. The van der Waals surface area contributed by atoms with Gasteiger partial charge in [0.05, 0.1) is 24.6 Å². The maximum atomic E-state index is 5.57. The van der Waals surface area contributed by atoms with Gasteiger partial charge in [-0.1, -0.05) is 41.7 Å². The summed E-state index contributed by atoms with van der Waals surface area (Å²) >= 11 is 1.63. The minimum atomic E-state index is 0.259. The predicted octanol–water partition coefficient (Wildman–Crippen LogP) is 2.68. The van der Waals surface area contributed by atoms with Crippen LogP contribution in [-0.2, 0) is 4.74 Å². The third-order valence-corrected chi connectivity index (χ3v) is 4.60. The second-order valence-corrected chi connectivity index (χ2v) is 6.17. The van der Waals surface area contributed by atoms with E-state index in [0.717, 1.165) is 41.0 Å². The van der Waals surface area contributed by atoms with Crippen molar-refractivity contribution in [3.8, 4) is 11.3 Å². The van der Waals surface area contributed by atoms with Crippen molar-refractivity contribution < 1.29 is 4.74 Å². The molecule has 0 saturated carbocycles. The number of morpholine rings is 1. The van der Waals surface area contributed by atoms with Crippen LogP contribution in [0.1, 0.15) is 6.92 Å². The number of rotatable bonds is 2. The number of anilines is 1. The molecule has 3 aromatic rings. The fraction of sp³-hybridized carbons (Fsp3) is 0.333. The quantitative estimate of drug-likeness (QED) is 0.730. The molecule has 1 aliphatic rings. The number of hydrogen-bond acceptors (Lipinski definition) is 5. The highest BCUT2D eigenvalue weighted by Gasteiger charge is 2.21. The largest absolute Gasteiger partial charge is 0.375 e. The summed E-state index contributed by atoms with van der Waals surface area (Å²) in [6.07, 6.45) is 2.25. The average molecular weight is 300 g/mol. The van der Waals surface area contributed by atoms with E-state index in [1.165, 1.54) is 0 Å². The Kier molecular flexibility index (Phi) is 3.12. The van der Waals surface area contributed by atoms with Crippen LogP contribution in [0.25, 0.3) is 16.2 Å². The molecule has 6 heteroatoms. The molecule has 0 unspecified atom stereocenters. The molecule has 108 valence electrons. The van der Waals surface area contributed by atoms with Crippen LogP contribution in [0.15, 0.2) is 36.5 Å². The maximum Gasteiger partial charge on any atom is 0.214 e. The van der Waals surface area contributed by atoms with E-state index >= 15 is 0 Å². The van der Waals surface area contributed by atoms with E-state index in [-0.39, 0.29) is 6.10 Å². The van der Waals surface area contributed by atoms with Gasteiger partial charge in [-0.05, 0) is 6.92 Å². The van der Waals surface area contributed by atoms with Crippen molar-refractivity contribution in [1.82, 2.24) is 14.6 Å². The van der Waals surface area contributed by atoms with Crippen molar-refractivity contribution in [3.05, 3.63) is 36.5 Å². The van der Waals surface area contributed by atoms with Crippen molar-refractivity contribution in [2.75, 3.05) is 24.6 Å². The highest BCUT2D eigenvalue weighted by molar-refractivity contribution is 7.20. The predicted molar refractivity (Wildman–Crippen MR) is 83.9 cm³/mol. The van der Waals surface area contributed by atoms with Crippen molar-refractivity contribution in [2.24, 2.45) is 0 Å². The molecular weight excluding hydrogens is 284 g/mol. The lowest BCUT2D eigenvalue weighted by atomic mass is 10.2. The lowest BCUT2D eigenvalue weighted by molar-refractivity contribution is 0.0531. The molecule has 1 atom stereocenters. The van der Waals surface area contributed by atoms with Gasteiger partial charge in [-0.15, -0.1) is 5.10 Å². The molecule has 3 heterocycles. The molecule has 0 radical (unpaired) electrons. The maximum absolute atomic E-state index is 5.57. The van der Waals surface area contributed by atoms with Crippen LogP contribution >= 0.6 is 11.3 Å². The first-order valence-corrected chi connectivity index (χ1v) is 7.89. The molecule has 1 aliphatic heterocycles. The van der Waals surface area contributed by atoms with Crippen LogP contribution in [0.2, 0.25) is 0 Å². The van der Waals surface area contributed by atoms with Crippen molar-refractivity contribution in [1.29, 1.82) is 0 Å². The van der Waals surface area contributed by atoms with Crippen molar-refractivity contribution in [3.63, 3.8) is 0 Å². The lowest BCUT2D eigenvalue weighted by Gasteiger charge is -2.30. The van der Waals surface area contributed by atoms with Gasteiger partial charge in [0.1, 0.15) is 0 Å². The molecule has 4 rings (SSSR count). The van der Waals surface area contributed by atoms with Crippen LogP contribution in [0.4, 0.5) is 5.13 Å². The third kappa shape index (κ3) is 2.41. The SMILES string of the molecule is C[C@H]1CN(c2nn3cc(-c4ccccc4)nc3s2)CCO1. The zero-order valence-corrected chi connectivity index (χ0v) is 12.6. The topological polar surface area (TPSA) is 42.7 Å². The summed E-state index contributed by atoms with van der Waals surface area (Å²) in [5, 5.41) is 5.68. The van der Waals surface area contributed by atoms with E-state index in [9.17, 15) is 0 Å². The zero-order chi connectivity index (χ0) is 14.2. The first kappa shape index (κ1) is 12.8. The molecular formula is C15H16N4OS. The van der Waals surface area contributed by atoms with Gasteiger partial charge in [-0.3, -0.25) is 0 Å². The van der Waals surface area contributed by atoms with E-state index in [0.29, 0.717) is 0 Å². The van der Waals surface area contributed by atoms with Crippen LogP contribution in [0.5, 0.6) is 0 Å². The van der Waals surface area contributed by atoms with E-state index in [1.54, 1.807) is 11.3 Å². The minimum absolute atomic E-state index is 0.259. The van der Waals surface area contributed by atoms with E-state index in [2.05, 4.69) is 34.0 Å². The highest BCUT2D eigenvalue weighted by Crippen LogP contribution is 2.27. The Balaban J connectivity index is 1.65. The Hall–Kier alpha value is -1.92. The van der Waals surface area contributed by atoms with Crippen LogP contribution in [0.3, 0.4) is 0 Å². The summed E-state index contributed by atoms with van der Waals surface area (Å²) in [7, 11) is 0. The van der Waals surface area contributed by atoms with Crippen LogP contribution < -0.4 is 4.90 Å². The van der Waals surface area contributed by atoms with E-state index < -0.39 is 0 Å². The Bertz CT molecular complexity index is 720. The minimum Gasteiger partial charge on any atom is -0.375 e. The van der Waals surface area contributed by atoms with Gasteiger partial charge in [0.2, 0.25) is 10.1 Å². The van der Waals surface area contributed by atoms with Gasteiger partial charge in [-0.25, -0.2) is 9.50 Å². The molecule has 0 amide bonds.